The van der Waals surface area contributed by atoms with Crippen LogP contribution in [0.1, 0.15) is 10.5 Å². The number of hydrogen-bond donors (Lipinski definition) is 1. The van der Waals surface area contributed by atoms with E-state index < -0.39 is 22.3 Å². The Morgan fingerprint density at radius 3 is 2.42 bits per heavy atom. The minimum Gasteiger partial charge on any atom is -0.477 e. The Kier molecular flexibility index (Phi) is 4.33. The molecule has 1 heterocycles. The van der Waals surface area contributed by atoms with Crippen molar-refractivity contribution in [3.05, 3.63) is 27.9 Å². The lowest BCUT2D eigenvalue weighted by Crippen LogP contribution is -2.26. The summed E-state index contributed by atoms with van der Waals surface area (Å²) in [5.74, 6) is -1.67. The van der Waals surface area contributed by atoms with Gasteiger partial charge in [-0.2, -0.15) is 10.5 Å². The van der Waals surface area contributed by atoms with Crippen LogP contribution in [0.4, 0.5) is 11.5 Å². The van der Waals surface area contributed by atoms with E-state index in [-0.39, 0.29) is 18.9 Å². The molecule has 0 aliphatic rings. The lowest BCUT2D eigenvalue weighted by Gasteiger charge is -2.16. The van der Waals surface area contributed by atoms with Crippen molar-refractivity contribution in [3.63, 3.8) is 0 Å². The third-order valence-electron chi connectivity index (χ3n) is 2.09. The predicted octanol–water partition coefficient (Wildman–Crippen LogP) is 0.542. The van der Waals surface area contributed by atoms with E-state index in [1.807, 2.05) is 0 Å². The lowest BCUT2D eigenvalue weighted by molar-refractivity contribution is -0.384. The molecule has 0 saturated carbocycles. The van der Waals surface area contributed by atoms with Gasteiger partial charge in [-0.25, -0.2) is 9.78 Å². The Morgan fingerprint density at radius 1 is 1.42 bits per heavy atom. The molecule has 0 amide bonds. The monoisotopic (exact) mass is 261 g/mol. The van der Waals surface area contributed by atoms with Gasteiger partial charge in [0.2, 0.25) is 5.82 Å². The number of nitro groups is 1. The quantitative estimate of drug-likeness (QED) is 0.459. The van der Waals surface area contributed by atoms with Crippen molar-refractivity contribution in [2.45, 2.75) is 0 Å². The maximum atomic E-state index is 10.8. The van der Waals surface area contributed by atoms with Crippen LogP contribution in [0.2, 0.25) is 0 Å². The molecule has 0 aliphatic heterocycles. The Bertz CT molecular complexity index is 585. The van der Waals surface area contributed by atoms with E-state index >= 15 is 0 Å². The highest BCUT2D eigenvalue weighted by Gasteiger charge is 2.23. The molecule has 1 aromatic heterocycles. The van der Waals surface area contributed by atoms with Gasteiger partial charge in [-0.05, 0) is 6.07 Å². The molecule has 19 heavy (non-hydrogen) atoms. The van der Waals surface area contributed by atoms with Gasteiger partial charge in [-0.1, -0.05) is 0 Å². The second-order valence-electron chi connectivity index (χ2n) is 3.27. The number of nitriles is 2. The number of carboxylic acids is 1. The van der Waals surface area contributed by atoms with E-state index in [0.29, 0.717) is 0 Å². The summed E-state index contributed by atoms with van der Waals surface area (Å²) in [4.78, 5) is 25.5. The first-order valence-electron chi connectivity index (χ1n) is 4.88. The van der Waals surface area contributed by atoms with Crippen molar-refractivity contribution in [1.29, 1.82) is 10.5 Å². The SMILES string of the molecule is N#CCN(CC#N)c1nc(C(=O)O)ccc1[N+](=O)[O-]. The first kappa shape index (κ1) is 13.9. The van der Waals surface area contributed by atoms with Gasteiger partial charge in [0.05, 0.1) is 17.1 Å². The summed E-state index contributed by atoms with van der Waals surface area (Å²) in [6.07, 6.45) is 0. The predicted molar refractivity (Wildman–Crippen MR) is 61.3 cm³/mol. The molecule has 1 aromatic rings. The molecule has 96 valence electrons. The molecule has 0 fully saturated rings. The lowest BCUT2D eigenvalue weighted by atomic mass is 10.3. The van der Waals surface area contributed by atoms with Crippen LogP contribution in [0.3, 0.4) is 0 Å². The highest BCUT2D eigenvalue weighted by molar-refractivity contribution is 5.86. The van der Waals surface area contributed by atoms with Gasteiger partial charge < -0.3 is 10.0 Å². The van der Waals surface area contributed by atoms with Crippen molar-refractivity contribution >= 4 is 17.5 Å². The van der Waals surface area contributed by atoms with Gasteiger partial charge >= 0.3 is 11.7 Å². The Hall–Kier alpha value is -3.20. The van der Waals surface area contributed by atoms with Gasteiger partial charge in [-0.3, -0.25) is 10.1 Å². The molecule has 9 heteroatoms. The topological polar surface area (TPSA) is 144 Å². The fourth-order valence-electron chi connectivity index (χ4n) is 1.31. The number of pyridine rings is 1. The number of aromatic carboxylic acids is 1. The van der Waals surface area contributed by atoms with E-state index in [1.165, 1.54) is 0 Å². The molecule has 0 aliphatic carbocycles. The number of rotatable bonds is 5. The van der Waals surface area contributed by atoms with Crippen LogP contribution in [0.5, 0.6) is 0 Å². The second kappa shape index (κ2) is 5.93. The maximum absolute atomic E-state index is 10.8. The van der Waals surface area contributed by atoms with Crippen molar-refractivity contribution in [2.24, 2.45) is 0 Å². The molecule has 0 radical (unpaired) electrons. The summed E-state index contributed by atoms with van der Waals surface area (Å²) in [6, 6.07) is 5.43. The largest absolute Gasteiger partial charge is 0.477 e. The molecule has 1 N–H and O–H groups in total. The van der Waals surface area contributed by atoms with Crippen molar-refractivity contribution < 1.29 is 14.8 Å². The third-order valence-corrected chi connectivity index (χ3v) is 2.09. The van der Waals surface area contributed by atoms with E-state index in [1.54, 1.807) is 12.1 Å². The molecular formula is C10H7N5O4. The normalized spacial score (nSPS) is 9.16. The van der Waals surface area contributed by atoms with Crippen LogP contribution >= 0.6 is 0 Å². The van der Waals surface area contributed by atoms with Gasteiger partial charge in [-0.15, -0.1) is 0 Å². The first-order valence-corrected chi connectivity index (χ1v) is 4.88. The first-order chi connectivity index (χ1) is 9.01. The molecule has 0 aromatic carbocycles. The fourth-order valence-corrected chi connectivity index (χ4v) is 1.31. The van der Waals surface area contributed by atoms with E-state index in [0.717, 1.165) is 17.0 Å². The molecule has 0 bridgehead atoms. The Balaban J connectivity index is 3.38. The second-order valence-corrected chi connectivity index (χ2v) is 3.27. The Morgan fingerprint density at radius 2 is 2.00 bits per heavy atom. The molecule has 1 rings (SSSR count). The summed E-state index contributed by atoms with van der Waals surface area (Å²) in [5.41, 5.74) is -0.864. The molecule has 0 spiro atoms. The Labute approximate surface area is 107 Å². The van der Waals surface area contributed by atoms with Gasteiger partial charge in [0.25, 0.3) is 0 Å². The van der Waals surface area contributed by atoms with Gasteiger partial charge in [0, 0.05) is 6.07 Å². The fraction of sp³-hybridized carbons (Fsp3) is 0.200. The van der Waals surface area contributed by atoms with Gasteiger partial charge in [0.1, 0.15) is 13.1 Å². The third kappa shape index (κ3) is 3.14. The maximum Gasteiger partial charge on any atom is 0.354 e. The standard InChI is InChI=1S/C10H7N5O4/c11-3-5-14(6-4-12)9-8(15(18)19)2-1-7(13-9)10(16)17/h1-2H,5-6H2,(H,16,17). The van der Waals surface area contributed by atoms with E-state index in [4.69, 9.17) is 15.6 Å². The summed E-state index contributed by atoms with van der Waals surface area (Å²) in [5, 5.41) is 36.9. The molecule has 0 atom stereocenters. The number of hydrogen-bond acceptors (Lipinski definition) is 7. The number of carboxylic acid groups (broad SMARTS) is 1. The highest BCUT2D eigenvalue weighted by Crippen LogP contribution is 2.25. The summed E-state index contributed by atoms with van der Waals surface area (Å²) in [6.45, 7) is -0.630. The van der Waals surface area contributed by atoms with Crippen LogP contribution in [-0.2, 0) is 0 Å². The summed E-state index contributed by atoms with van der Waals surface area (Å²) in [7, 11) is 0. The molecular weight excluding hydrogens is 254 g/mol. The zero-order valence-corrected chi connectivity index (χ0v) is 9.48. The zero-order chi connectivity index (χ0) is 14.4. The van der Waals surface area contributed by atoms with Crippen molar-refractivity contribution in [3.8, 4) is 12.1 Å². The minimum atomic E-state index is -1.36. The summed E-state index contributed by atoms with van der Waals surface area (Å²) >= 11 is 0. The number of anilines is 1. The molecule has 9 nitrogen and oxygen atoms in total. The smallest absolute Gasteiger partial charge is 0.354 e. The van der Waals surface area contributed by atoms with Crippen LogP contribution in [0.25, 0.3) is 0 Å². The van der Waals surface area contributed by atoms with E-state index in [2.05, 4.69) is 4.98 Å². The number of aromatic nitrogens is 1. The average molecular weight is 261 g/mol. The minimum absolute atomic E-state index is 0.312. The van der Waals surface area contributed by atoms with E-state index in [9.17, 15) is 14.9 Å². The van der Waals surface area contributed by atoms with Crippen molar-refractivity contribution in [2.75, 3.05) is 18.0 Å². The average Bonchev–Trinajstić information content (AvgIpc) is 2.37. The molecule has 0 saturated heterocycles. The highest BCUT2D eigenvalue weighted by atomic mass is 16.6. The molecule has 0 unspecified atom stereocenters. The van der Waals surface area contributed by atoms with Crippen LogP contribution < -0.4 is 4.90 Å². The van der Waals surface area contributed by atoms with Crippen molar-refractivity contribution in [1.82, 2.24) is 4.98 Å². The number of carbonyl (C=O) groups is 1. The number of nitrogens with zero attached hydrogens (tertiary/aromatic N) is 5. The van der Waals surface area contributed by atoms with Crippen LogP contribution in [-0.4, -0.2) is 34.1 Å². The van der Waals surface area contributed by atoms with Crippen LogP contribution in [0.15, 0.2) is 12.1 Å². The van der Waals surface area contributed by atoms with Gasteiger partial charge in [0.15, 0.2) is 5.69 Å². The zero-order valence-electron chi connectivity index (χ0n) is 9.48. The van der Waals surface area contributed by atoms with Crippen LogP contribution in [0, 0.1) is 32.8 Å². The summed E-state index contributed by atoms with van der Waals surface area (Å²) < 4.78 is 0.